The zero-order valence-electron chi connectivity index (χ0n) is 12.7. The molecule has 0 bridgehead atoms. The number of hydrogen-bond donors (Lipinski definition) is 1. The Labute approximate surface area is 137 Å². The number of nitrogens with zero attached hydrogens (tertiary/aromatic N) is 3. The number of ether oxygens (including phenoxy) is 1. The van der Waals surface area contributed by atoms with Crippen molar-refractivity contribution in [3.63, 3.8) is 0 Å². The van der Waals surface area contributed by atoms with Crippen LogP contribution in [0.2, 0.25) is 0 Å². The van der Waals surface area contributed by atoms with Gasteiger partial charge in [-0.3, -0.25) is 4.90 Å². The van der Waals surface area contributed by atoms with E-state index >= 15 is 0 Å². The van der Waals surface area contributed by atoms with Gasteiger partial charge in [0.2, 0.25) is 0 Å². The van der Waals surface area contributed by atoms with Crippen LogP contribution in [0.5, 0.6) is 0 Å². The normalized spacial score (nSPS) is 11.5. The Kier molecular flexibility index (Phi) is 4.97. The van der Waals surface area contributed by atoms with E-state index in [1.54, 1.807) is 20.8 Å². The monoisotopic (exact) mass is 367 g/mol. The Bertz CT molecular complexity index is 685. The van der Waals surface area contributed by atoms with Crippen LogP contribution in [-0.2, 0) is 4.74 Å². The number of fused-ring (bicyclic) bond motifs is 1. The molecule has 7 heteroatoms. The number of amides is 1. The maximum atomic E-state index is 12.4. The largest absolute Gasteiger partial charge is 0.443 e. The van der Waals surface area contributed by atoms with E-state index in [2.05, 4.69) is 25.9 Å². The second kappa shape index (κ2) is 6.58. The van der Waals surface area contributed by atoms with Gasteiger partial charge < -0.3 is 9.84 Å². The summed E-state index contributed by atoms with van der Waals surface area (Å²) >= 11 is 3.40. The van der Waals surface area contributed by atoms with E-state index in [1.165, 1.54) is 11.2 Å². The molecule has 1 aromatic heterocycles. The highest BCUT2D eigenvalue weighted by atomic mass is 79.9. The molecule has 1 aromatic carbocycles. The lowest BCUT2D eigenvalue weighted by molar-refractivity contribution is 0.0572. The number of rotatable bonds is 3. The number of benzene rings is 1. The number of aliphatic hydroxyl groups excluding tert-OH is 1. The van der Waals surface area contributed by atoms with Gasteiger partial charge in [-0.2, -0.15) is 0 Å². The van der Waals surface area contributed by atoms with Gasteiger partial charge >= 0.3 is 6.09 Å². The topological polar surface area (TPSA) is 75.5 Å². The highest BCUT2D eigenvalue weighted by Crippen LogP contribution is 2.27. The minimum atomic E-state index is -0.631. The average Bonchev–Trinajstić information content (AvgIpc) is 2.42. The lowest BCUT2D eigenvalue weighted by atomic mass is 10.2. The second-order valence-electron chi connectivity index (χ2n) is 5.71. The van der Waals surface area contributed by atoms with Crippen LogP contribution in [-0.4, -0.2) is 39.9 Å². The zero-order valence-corrected chi connectivity index (χ0v) is 14.3. The fraction of sp³-hybridized carbons (Fsp3) is 0.400. The van der Waals surface area contributed by atoms with Crippen molar-refractivity contribution in [2.24, 2.45) is 0 Å². The molecule has 0 aliphatic rings. The SMILES string of the molecule is CC(C)(C)OC(=O)N(CCO)c1ncnc2ccc(Br)cc12. The molecule has 0 spiro atoms. The summed E-state index contributed by atoms with van der Waals surface area (Å²) in [6.07, 6.45) is 0.835. The van der Waals surface area contributed by atoms with Crippen molar-refractivity contribution in [2.45, 2.75) is 26.4 Å². The van der Waals surface area contributed by atoms with Gasteiger partial charge in [-0.15, -0.1) is 0 Å². The molecule has 1 amide bonds. The van der Waals surface area contributed by atoms with E-state index in [4.69, 9.17) is 4.74 Å². The molecule has 0 radical (unpaired) electrons. The highest BCUT2D eigenvalue weighted by molar-refractivity contribution is 9.10. The summed E-state index contributed by atoms with van der Waals surface area (Å²) in [6.45, 7) is 5.26. The third-order valence-corrected chi connectivity index (χ3v) is 3.26. The van der Waals surface area contributed by atoms with Crippen LogP contribution in [0.25, 0.3) is 10.9 Å². The van der Waals surface area contributed by atoms with Gasteiger partial charge in [0.15, 0.2) is 0 Å². The Morgan fingerprint density at radius 1 is 1.36 bits per heavy atom. The van der Waals surface area contributed by atoms with E-state index in [-0.39, 0.29) is 13.2 Å². The van der Waals surface area contributed by atoms with E-state index in [0.717, 1.165) is 4.47 Å². The number of halogens is 1. The minimum Gasteiger partial charge on any atom is -0.443 e. The van der Waals surface area contributed by atoms with Crippen LogP contribution in [0.3, 0.4) is 0 Å². The lowest BCUT2D eigenvalue weighted by Gasteiger charge is -2.26. The molecule has 6 nitrogen and oxygen atoms in total. The van der Waals surface area contributed by atoms with Gasteiger partial charge in [0.1, 0.15) is 17.7 Å². The molecule has 2 rings (SSSR count). The number of anilines is 1. The molecule has 0 aliphatic carbocycles. The van der Waals surface area contributed by atoms with E-state index in [0.29, 0.717) is 16.7 Å². The van der Waals surface area contributed by atoms with Crippen LogP contribution in [0.1, 0.15) is 20.8 Å². The molecular weight excluding hydrogens is 350 g/mol. The number of hydrogen-bond acceptors (Lipinski definition) is 5. The van der Waals surface area contributed by atoms with Crippen molar-refractivity contribution in [3.8, 4) is 0 Å². The molecule has 0 saturated heterocycles. The Morgan fingerprint density at radius 2 is 2.09 bits per heavy atom. The van der Waals surface area contributed by atoms with Crippen molar-refractivity contribution < 1.29 is 14.6 Å². The standard InChI is InChI=1S/C15H18BrN3O3/c1-15(2,3)22-14(21)19(6-7-20)13-11-8-10(16)4-5-12(11)17-9-18-13/h4-5,8-9,20H,6-7H2,1-3H3. The minimum absolute atomic E-state index is 0.0908. The van der Waals surface area contributed by atoms with Crippen molar-refractivity contribution in [1.82, 2.24) is 9.97 Å². The first-order valence-electron chi connectivity index (χ1n) is 6.83. The molecule has 1 N–H and O–H groups in total. The van der Waals surface area contributed by atoms with Crippen LogP contribution < -0.4 is 4.90 Å². The quantitative estimate of drug-likeness (QED) is 0.901. The summed E-state index contributed by atoms with van der Waals surface area (Å²) in [5.41, 5.74) is 0.0773. The first kappa shape index (κ1) is 16.6. The van der Waals surface area contributed by atoms with Crippen LogP contribution in [0, 0.1) is 0 Å². The average molecular weight is 368 g/mol. The fourth-order valence-electron chi connectivity index (χ4n) is 1.93. The smallest absolute Gasteiger partial charge is 0.416 e. The van der Waals surface area contributed by atoms with Crippen molar-refractivity contribution in [2.75, 3.05) is 18.1 Å². The van der Waals surface area contributed by atoms with Gasteiger partial charge in [0, 0.05) is 9.86 Å². The summed E-state index contributed by atoms with van der Waals surface area (Å²) in [5.74, 6) is 0.412. The highest BCUT2D eigenvalue weighted by Gasteiger charge is 2.25. The Balaban J connectivity index is 2.48. The summed E-state index contributed by atoms with van der Waals surface area (Å²) < 4.78 is 6.24. The number of aromatic nitrogens is 2. The first-order valence-corrected chi connectivity index (χ1v) is 7.63. The van der Waals surface area contributed by atoms with E-state index in [1.807, 2.05) is 18.2 Å². The van der Waals surface area contributed by atoms with Gasteiger partial charge in [-0.25, -0.2) is 14.8 Å². The molecule has 118 valence electrons. The van der Waals surface area contributed by atoms with Gasteiger partial charge in [-0.1, -0.05) is 15.9 Å². The zero-order chi connectivity index (χ0) is 16.3. The van der Waals surface area contributed by atoms with Gasteiger partial charge in [0.25, 0.3) is 0 Å². The van der Waals surface area contributed by atoms with Gasteiger partial charge in [-0.05, 0) is 39.0 Å². The maximum Gasteiger partial charge on any atom is 0.416 e. The number of carbonyl (C=O) groups is 1. The summed E-state index contributed by atoms with van der Waals surface area (Å²) in [7, 11) is 0. The van der Waals surface area contributed by atoms with E-state index < -0.39 is 11.7 Å². The number of carbonyl (C=O) groups excluding carboxylic acids is 1. The fourth-order valence-corrected chi connectivity index (χ4v) is 2.29. The van der Waals surface area contributed by atoms with Crippen LogP contribution in [0.15, 0.2) is 29.0 Å². The van der Waals surface area contributed by atoms with Crippen molar-refractivity contribution in [3.05, 3.63) is 29.0 Å². The summed E-state index contributed by atoms with van der Waals surface area (Å²) in [6, 6.07) is 5.53. The third-order valence-electron chi connectivity index (χ3n) is 2.77. The maximum absolute atomic E-state index is 12.4. The predicted molar refractivity (Wildman–Crippen MR) is 87.9 cm³/mol. The predicted octanol–water partition coefficient (Wildman–Crippen LogP) is 3.13. The second-order valence-corrected chi connectivity index (χ2v) is 6.63. The molecule has 0 aliphatic heterocycles. The molecule has 22 heavy (non-hydrogen) atoms. The molecule has 0 saturated carbocycles. The lowest BCUT2D eigenvalue weighted by Crippen LogP contribution is -2.39. The summed E-state index contributed by atoms with van der Waals surface area (Å²) in [5, 5.41) is 9.97. The number of aliphatic hydroxyl groups is 1. The van der Waals surface area contributed by atoms with Gasteiger partial charge in [0.05, 0.1) is 18.7 Å². The molecule has 0 unspecified atom stereocenters. The molecular formula is C15H18BrN3O3. The van der Waals surface area contributed by atoms with Crippen molar-refractivity contribution in [1.29, 1.82) is 0 Å². The van der Waals surface area contributed by atoms with Crippen LogP contribution in [0.4, 0.5) is 10.6 Å². The Morgan fingerprint density at radius 3 is 2.73 bits per heavy atom. The van der Waals surface area contributed by atoms with Crippen LogP contribution >= 0.6 is 15.9 Å². The molecule has 1 heterocycles. The molecule has 2 aromatic rings. The third kappa shape index (κ3) is 3.92. The van der Waals surface area contributed by atoms with Crippen molar-refractivity contribution >= 4 is 38.7 Å². The molecule has 0 fully saturated rings. The summed E-state index contributed by atoms with van der Waals surface area (Å²) in [4.78, 5) is 22.1. The molecule has 0 atom stereocenters. The Hall–Kier alpha value is -1.73. The van der Waals surface area contributed by atoms with E-state index in [9.17, 15) is 9.90 Å². The first-order chi connectivity index (χ1) is 10.3.